The third-order valence-corrected chi connectivity index (χ3v) is 10.5. The van der Waals surface area contributed by atoms with Crippen molar-refractivity contribution in [2.45, 2.75) is 0 Å². The Morgan fingerprint density at radius 1 is 0.302 bits per heavy atom. The van der Waals surface area contributed by atoms with Gasteiger partial charge >= 0.3 is 0 Å². The van der Waals surface area contributed by atoms with Crippen molar-refractivity contribution in [2.75, 3.05) is 0 Å². The van der Waals surface area contributed by atoms with Crippen molar-refractivity contribution >= 4 is 32.7 Å². The molecule has 0 amide bonds. The first-order chi connectivity index (χ1) is 26.2. The highest BCUT2D eigenvalue weighted by Gasteiger charge is 2.22. The molecule has 4 nitrogen and oxygen atoms in total. The zero-order chi connectivity index (χ0) is 34.9. The average molecular weight is 676 g/mol. The van der Waals surface area contributed by atoms with Gasteiger partial charge in [0.15, 0.2) is 17.5 Å². The fourth-order valence-corrected chi connectivity index (χ4v) is 7.99. The molecule has 0 radical (unpaired) electrons. The number of benzene rings is 8. The molecule has 0 spiro atoms. The van der Waals surface area contributed by atoms with Crippen LogP contribution in [0, 0.1) is 0 Å². The lowest BCUT2D eigenvalue weighted by Gasteiger charge is -2.12. The van der Waals surface area contributed by atoms with Crippen LogP contribution in [0.3, 0.4) is 0 Å². The van der Waals surface area contributed by atoms with Gasteiger partial charge in [-0.1, -0.05) is 146 Å². The lowest BCUT2D eigenvalue weighted by Crippen LogP contribution is -2.00. The van der Waals surface area contributed by atoms with Gasteiger partial charge in [0, 0.05) is 27.5 Å². The summed E-state index contributed by atoms with van der Waals surface area (Å²) in [4.78, 5) is 15.5. The number of para-hydroxylation sites is 1. The first-order valence-electron chi connectivity index (χ1n) is 17.9. The topological polar surface area (TPSA) is 51.8 Å². The van der Waals surface area contributed by atoms with Gasteiger partial charge in [-0.25, -0.2) is 15.0 Å². The fourth-order valence-electron chi connectivity index (χ4n) is 7.99. The van der Waals surface area contributed by atoms with Crippen LogP contribution in [-0.2, 0) is 0 Å². The molecule has 2 heterocycles. The standard InChI is InChI=1S/C49H29N3O/c1-2-11-30(12-3-1)32-15-6-17-35(27-32)47-50-48(52-49(51-47)41-22-10-24-44-46(41)40-19-4-5-23-43(40)53-44)36-18-7-16-33(28-36)34-25-26-37-38-20-8-13-31-14-9-21-39(45(31)38)42(37)29-34/h1-29H. The third-order valence-electron chi connectivity index (χ3n) is 10.5. The van der Waals surface area contributed by atoms with E-state index in [-0.39, 0.29) is 0 Å². The zero-order valence-corrected chi connectivity index (χ0v) is 28.5. The molecule has 4 heteroatoms. The van der Waals surface area contributed by atoms with Crippen LogP contribution >= 0.6 is 0 Å². The highest BCUT2D eigenvalue weighted by molar-refractivity contribution is 6.16. The third kappa shape index (κ3) is 4.80. The normalized spacial score (nSPS) is 11.8. The van der Waals surface area contributed by atoms with Crippen LogP contribution in [0.2, 0.25) is 0 Å². The summed E-state index contributed by atoms with van der Waals surface area (Å²) < 4.78 is 6.27. The van der Waals surface area contributed by atoms with E-state index in [0.717, 1.165) is 60.9 Å². The second-order valence-corrected chi connectivity index (χ2v) is 13.6. The van der Waals surface area contributed by atoms with Crippen LogP contribution in [0.15, 0.2) is 180 Å². The minimum Gasteiger partial charge on any atom is -0.456 e. The van der Waals surface area contributed by atoms with Crippen molar-refractivity contribution in [1.82, 2.24) is 15.0 Å². The van der Waals surface area contributed by atoms with Gasteiger partial charge in [0.05, 0.1) is 0 Å². The summed E-state index contributed by atoms with van der Waals surface area (Å²) in [6.45, 7) is 0. The maximum atomic E-state index is 6.27. The largest absolute Gasteiger partial charge is 0.456 e. The molecule has 1 aliphatic rings. The lowest BCUT2D eigenvalue weighted by atomic mass is 9.96. The molecule has 0 fully saturated rings. The molecule has 1 aliphatic carbocycles. The van der Waals surface area contributed by atoms with Crippen molar-refractivity contribution in [1.29, 1.82) is 0 Å². The van der Waals surface area contributed by atoms with Crippen molar-refractivity contribution in [3.8, 4) is 78.7 Å². The Kier molecular flexibility index (Phi) is 6.52. The van der Waals surface area contributed by atoms with Gasteiger partial charge in [0.2, 0.25) is 0 Å². The average Bonchev–Trinajstić information content (AvgIpc) is 3.78. The van der Waals surface area contributed by atoms with Crippen molar-refractivity contribution in [3.05, 3.63) is 176 Å². The van der Waals surface area contributed by atoms with E-state index in [1.165, 1.54) is 33.0 Å². The van der Waals surface area contributed by atoms with Crippen LogP contribution in [0.5, 0.6) is 0 Å². The number of nitrogens with zero attached hydrogens (tertiary/aromatic N) is 3. The van der Waals surface area contributed by atoms with Gasteiger partial charge in [-0.15, -0.1) is 0 Å². The van der Waals surface area contributed by atoms with E-state index in [0.29, 0.717) is 17.5 Å². The highest BCUT2D eigenvalue weighted by atomic mass is 16.3. The minimum absolute atomic E-state index is 0.598. The predicted molar refractivity (Wildman–Crippen MR) is 216 cm³/mol. The van der Waals surface area contributed by atoms with Crippen LogP contribution in [0.4, 0.5) is 0 Å². The minimum atomic E-state index is 0.598. The molecule has 0 saturated carbocycles. The summed E-state index contributed by atoms with van der Waals surface area (Å²) in [6.07, 6.45) is 0. The molecule has 2 aromatic heterocycles. The summed E-state index contributed by atoms with van der Waals surface area (Å²) in [6, 6.07) is 61.6. The first kappa shape index (κ1) is 29.5. The lowest BCUT2D eigenvalue weighted by molar-refractivity contribution is 0.669. The Hall–Kier alpha value is -7.17. The fraction of sp³-hybridized carbons (Fsp3) is 0. The van der Waals surface area contributed by atoms with Gasteiger partial charge < -0.3 is 4.42 Å². The molecule has 0 bridgehead atoms. The summed E-state index contributed by atoms with van der Waals surface area (Å²) >= 11 is 0. The second-order valence-electron chi connectivity index (χ2n) is 13.6. The zero-order valence-electron chi connectivity index (χ0n) is 28.5. The maximum Gasteiger partial charge on any atom is 0.164 e. The summed E-state index contributed by atoms with van der Waals surface area (Å²) in [5.41, 5.74) is 14.0. The number of furan rings is 1. The van der Waals surface area contributed by atoms with E-state index in [1.807, 2.05) is 36.4 Å². The number of fused-ring (bicyclic) bond motifs is 6. The molecular weight excluding hydrogens is 647 g/mol. The molecule has 8 aromatic carbocycles. The molecular formula is C49H29N3O. The van der Waals surface area contributed by atoms with E-state index >= 15 is 0 Å². The molecule has 0 atom stereocenters. The van der Waals surface area contributed by atoms with Crippen LogP contribution in [0.25, 0.3) is 111 Å². The molecule has 0 aliphatic heterocycles. The molecule has 53 heavy (non-hydrogen) atoms. The number of hydrogen-bond acceptors (Lipinski definition) is 4. The quantitative estimate of drug-likeness (QED) is 0.182. The van der Waals surface area contributed by atoms with Crippen molar-refractivity contribution in [2.24, 2.45) is 0 Å². The van der Waals surface area contributed by atoms with Crippen molar-refractivity contribution in [3.63, 3.8) is 0 Å². The second kappa shape index (κ2) is 11.7. The molecule has 0 N–H and O–H groups in total. The summed E-state index contributed by atoms with van der Waals surface area (Å²) in [5.74, 6) is 1.82. The monoisotopic (exact) mass is 675 g/mol. The van der Waals surface area contributed by atoms with E-state index in [9.17, 15) is 0 Å². The van der Waals surface area contributed by atoms with E-state index in [1.54, 1.807) is 0 Å². The highest BCUT2D eigenvalue weighted by Crippen LogP contribution is 2.48. The molecule has 246 valence electrons. The summed E-state index contributed by atoms with van der Waals surface area (Å²) in [7, 11) is 0. The van der Waals surface area contributed by atoms with Crippen molar-refractivity contribution < 1.29 is 4.42 Å². The Balaban J connectivity index is 1.08. The van der Waals surface area contributed by atoms with Crippen LogP contribution < -0.4 is 0 Å². The van der Waals surface area contributed by atoms with Gasteiger partial charge in [0.1, 0.15) is 11.2 Å². The number of rotatable bonds is 5. The van der Waals surface area contributed by atoms with E-state index in [4.69, 9.17) is 19.4 Å². The van der Waals surface area contributed by atoms with Gasteiger partial charge in [0.25, 0.3) is 0 Å². The van der Waals surface area contributed by atoms with E-state index in [2.05, 4.69) is 140 Å². The maximum absolute atomic E-state index is 6.27. The van der Waals surface area contributed by atoms with Gasteiger partial charge in [-0.05, 0) is 85.6 Å². The first-order valence-corrected chi connectivity index (χ1v) is 17.9. The Morgan fingerprint density at radius 3 is 1.62 bits per heavy atom. The molecule has 0 unspecified atom stereocenters. The van der Waals surface area contributed by atoms with Crippen LogP contribution in [0.1, 0.15) is 0 Å². The van der Waals surface area contributed by atoms with Crippen LogP contribution in [-0.4, -0.2) is 15.0 Å². The Bertz CT molecular complexity index is 3060. The predicted octanol–water partition coefficient (Wildman–Crippen LogP) is 12.9. The summed E-state index contributed by atoms with van der Waals surface area (Å²) in [5, 5.41) is 4.63. The van der Waals surface area contributed by atoms with Gasteiger partial charge in [-0.2, -0.15) is 0 Å². The van der Waals surface area contributed by atoms with Gasteiger partial charge in [-0.3, -0.25) is 0 Å². The molecule has 0 saturated heterocycles. The molecule has 11 rings (SSSR count). The smallest absolute Gasteiger partial charge is 0.164 e. The Labute approximate surface area is 305 Å². The number of aromatic nitrogens is 3. The Morgan fingerprint density at radius 2 is 0.849 bits per heavy atom. The SMILES string of the molecule is c1ccc(-c2cccc(-c3nc(-c4cccc(-c5ccc6c(c5)-c5cccc7cccc-6c57)c4)nc(-c4cccc5oc6ccccc6c45)n3)c2)cc1. The van der Waals surface area contributed by atoms with E-state index < -0.39 is 0 Å². The molecule has 10 aromatic rings. The number of hydrogen-bond donors (Lipinski definition) is 0.